The van der Waals surface area contributed by atoms with Gasteiger partial charge >= 0.3 is 0 Å². The number of ether oxygens (including phenoxy) is 1. The van der Waals surface area contributed by atoms with Crippen LogP contribution in [-0.4, -0.2) is 35.3 Å². The third kappa shape index (κ3) is 3.93. The van der Waals surface area contributed by atoms with E-state index in [2.05, 4.69) is 15.3 Å². The van der Waals surface area contributed by atoms with E-state index in [4.69, 9.17) is 4.74 Å². The molecule has 0 atom stereocenters. The van der Waals surface area contributed by atoms with Crippen LogP contribution in [0.3, 0.4) is 0 Å². The molecule has 2 N–H and O–H groups in total. The van der Waals surface area contributed by atoms with Crippen molar-refractivity contribution in [3.8, 4) is 23.0 Å². The summed E-state index contributed by atoms with van der Waals surface area (Å²) in [6.07, 6.45) is 0.925. The summed E-state index contributed by atoms with van der Waals surface area (Å²) in [5, 5.41) is 12.4. The van der Waals surface area contributed by atoms with Crippen LogP contribution in [0.4, 0.5) is 0 Å². The van der Waals surface area contributed by atoms with Crippen LogP contribution in [0.25, 0.3) is 11.4 Å². The summed E-state index contributed by atoms with van der Waals surface area (Å²) < 4.78 is 5.63. The topological polar surface area (TPSA) is 67.3 Å². The van der Waals surface area contributed by atoms with E-state index in [-0.39, 0.29) is 5.75 Å². The van der Waals surface area contributed by atoms with Gasteiger partial charge in [0.15, 0.2) is 5.82 Å². The second-order valence-electron chi connectivity index (χ2n) is 4.52. The molecule has 20 heavy (non-hydrogen) atoms. The minimum absolute atomic E-state index is 0.227. The van der Waals surface area contributed by atoms with Gasteiger partial charge in [0.1, 0.15) is 5.75 Å². The van der Waals surface area contributed by atoms with Crippen molar-refractivity contribution < 1.29 is 9.84 Å². The van der Waals surface area contributed by atoms with Crippen LogP contribution >= 0.6 is 0 Å². The maximum Gasteiger partial charge on any atom is 0.217 e. The highest BCUT2D eigenvalue weighted by molar-refractivity contribution is 5.56. The molecular formula is C15H19N3O2. The van der Waals surface area contributed by atoms with Gasteiger partial charge in [-0.05, 0) is 51.2 Å². The quantitative estimate of drug-likeness (QED) is 0.789. The van der Waals surface area contributed by atoms with Crippen molar-refractivity contribution >= 4 is 0 Å². The third-order valence-corrected chi connectivity index (χ3v) is 2.78. The summed E-state index contributed by atoms with van der Waals surface area (Å²) >= 11 is 0. The van der Waals surface area contributed by atoms with Gasteiger partial charge in [0.05, 0.1) is 6.61 Å². The number of nitrogens with zero attached hydrogens (tertiary/aromatic N) is 2. The van der Waals surface area contributed by atoms with E-state index in [1.165, 1.54) is 0 Å². The molecule has 0 saturated heterocycles. The average Bonchev–Trinajstić information content (AvgIpc) is 2.44. The molecule has 0 fully saturated rings. The summed E-state index contributed by atoms with van der Waals surface area (Å²) in [5.74, 6) is 1.41. The predicted octanol–water partition coefficient (Wildman–Crippen LogP) is 2.15. The van der Waals surface area contributed by atoms with Crippen molar-refractivity contribution in [2.45, 2.75) is 13.3 Å². The number of hydrogen-bond acceptors (Lipinski definition) is 5. The highest BCUT2D eigenvalue weighted by Crippen LogP contribution is 2.21. The molecule has 0 aliphatic heterocycles. The molecular weight excluding hydrogens is 254 g/mol. The van der Waals surface area contributed by atoms with E-state index in [1.54, 1.807) is 24.3 Å². The molecule has 2 aromatic rings. The number of phenolic OH excluding ortho intramolecular Hbond substituents is 1. The predicted molar refractivity (Wildman–Crippen MR) is 77.9 cm³/mol. The van der Waals surface area contributed by atoms with Crippen LogP contribution in [0.1, 0.15) is 12.1 Å². The second-order valence-corrected chi connectivity index (χ2v) is 4.52. The number of hydrogen-bond donors (Lipinski definition) is 2. The van der Waals surface area contributed by atoms with Gasteiger partial charge in [-0.3, -0.25) is 0 Å². The summed E-state index contributed by atoms with van der Waals surface area (Å²) in [4.78, 5) is 8.79. The summed E-state index contributed by atoms with van der Waals surface area (Å²) in [6, 6.07) is 8.63. The molecule has 5 nitrogen and oxygen atoms in total. The van der Waals surface area contributed by atoms with Crippen molar-refractivity contribution in [1.29, 1.82) is 0 Å². The third-order valence-electron chi connectivity index (χ3n) is 2.78. The molecule has 0 saturated carbocycles. The molecule has 106 valence electrons. The fourth-order valence-corrected chi connectivity index (χ4v) is 1.78. The van der Waals surface area contributed by atoms with Crippen molar-refractivity contribution in [1.82, 2.24) is 15.3 Å². The monoisotopic (exact) mass is 273 g/mol. The molecule has 5 heteroatoms. The minimum atomic E-state index is 0.227. The summed E-state index contributed by atoms with van der Waals surface area (Å²) in [5.41, 5.74) is 1.71. The number of phenols is 1. The summed E-state index contributed by atoms with van der Waals surface area (Å²) in [7, 11) is 1.91. The normalized spacial score (nSPS) is 10.5. The molecule has 2 rings (SSSR count). The standard InChI is InChI=1S/C15H19N3O2/c1-11-10-14(20-9-3-8-16-2)18-15(17-11)12-4-6-13(19)7-5-12/h4-7,10,16,19H,3,8-9H2,1-2H3. The first-order valence-corrected chi connectivity index (χ1v) is 6.61. The van der Waals surface area contributed by atoms with Gasteiger partial charge in [-0.2, -0.15) is 4.98 Å². The van der Waals surface area contributed by atoms with E-state index >= 15 is 0 Å². The van der Waals surface area contributed by atoms with Crippen LogP contribution < -0.4 is 10.1 Å². The molecule has 0 unspecified atom stereocenters. The Kier molecular flexibility index (Phi) is 4.90. The molecule has 1 aromatic heterocycles. The fourth-order valence-electron chi connectivity index (χ4n) is 1.78. The zero-order valence-corrected chi connectivity index (χ0v) is 11.8. The molecule has 1 heterocycles. The Bertz CT molecular complexity index is 556. The highest BCUT2D eigenvalue weighted by Gasteiger charge is 2.06. The molecule has 1 aromatic carbocycles. The Morgan fingerprint density at radius 2 is 1.95 bits per heavy atom. The van der Waals surface area contributed by atoms with E-state index in [1.807, 2.05) is 20.0 Å². The lowest BCUT2D eigenvalue weighted by molar-refractivity contribution is 0.298. The van der Waals surface area contributed by atoms with Crippen LogP contribution in [0.2, 0.25) is 0 Å². The largest absolute Gasteiger partial charge is 0.508 e. The first kappa shape index (κ1) is 14.3. The zero-order valence-electron chi connectivity index (χ0n) is 11.8. The first-order chi connectivity index (χ1) is 9.69. The SMILES string of the molecule is CNCCCOc1cc(C)nc(-c2ccc(O)cc2)n1. The van der Waals surface area contributed by atoms with Crippen molar-refractivity contribution in [2.24, 2.45) is 0 Å². The van der Waals surface area contributed by atoms with E-state index in [0.29, 0.717) is 18.3 Å². The Labute approximate surface area is 118 Å². The average molecular weight is 273 g/mol. The Balaban J connectivity index is 2.13. The lowest BCUT2D eigenvalue weighted by Gasteiger charge is -2.08. The lowest BCUT2D eigenvalue weighted by atomic mass is 10.2. The number of aromatic nitrogens is 2. The van der Waals surface area contributed by atoms with Crippen LogP contribution in [0, 0.1) is 6.92 Å². The molecule has 0 aliphatic carbocycles. The Morgan fingerprint density at radius 3 is 2.65 bits per heavy atom. The van der Waals surface area contributed by atoms with Gasteiger partial charge < -0.3 is 15.2 Å². The van der Waals surface area contributed by atoms with E-state index in [0.717, 1.165) is 24.2 Å². The maximum atomic E-state index is 9.31. The van der Waals surface area contributed by atoms with Crippen LogP contribution in [0.5, 0.6) is 11.6 Å². The van der Waals surface area contributed by atoms with Gasteiger partial charge in [0, 0.05) is 17.3 Å². The van der Waals surface area contributed by atoms with Crippen molar-refractivity contribution in [3.63, 3.8) is 0 Å². The lowest BCUT2D eigenvalue weighted by Crippen LogP contribution is -2.12. The van der Waals surface area contributed by atoms with E-state index in [9.17, 15) is 5.11 Å². The number of benzene rings is 1. The maximum absolute atomic E-state index is 9.31. The van der Waals surface area contributed by atoms with Gasteiger partial charge in [-0.1, -0.05) is 0 Å². The number of nitrogens with one attached hydrogen (secondary N) is 1. The molecule has 0 bridgehead atoms. The highest BCUT2D eigenvalue weighted by atomic mass is 16.5. The Hall–Kier alpha value is -2.14. The van der Waals surface area contributed by atoms with Crippen LogP contribution in [-0.2, 0) is 0 Å². The van der Waals surface area contributed by atoms with Gasteiger partial charge in [0.2, 0.25) is 5.88 Å². The smallest absolute Gasteiger partial charge is 0.217 e. The van der Waals surface area contributed by atoms with Gasteiger partial charge in [0.25, 0.3) is 0 Å². The first-order valence-electron chi connectivity index (χ1n) is 6.61. The van der Waals surface area contributed by atoms with E-state index < -0.39 is 0 Å². The summed E-state index contributed by atoms with van der Waals surface area (Å²) in [6.45, 7) is 3.44. The molecule has 0 amide bonds. The number of aryl methyl sites for hydroxylation is 1. The number of aromatic hydroxyl groups is 1. The number of rotatable bonds is 6. The van der Waals surface area contributed by atoms with Crippen molar-refractivity contribution in [2.75, 3.05) is 20.2 Å². The minimum Gasteiger partial charge on any atom is -0.508 e. The Morgan fingerprint density at radius 1 is 1.20 bits per heavy atom. The van der Waals surface area contributed by atoms with Crippen LogP contribution in [0.15, 0.2) is 30.3 Å². The van der Waals surface area contributed by atoms with Crippen molar-refractivity contribution in [3.05, 3.63) is 36.0 Å². The van der Waals surface area contributed by atoms with Gasteiger partial charge in [-0.15, -0.1) is 0 Å². The molecule has 0 aliphatic rings. The second kappa shape index (κ2) is 6.86. The molecule has 0 spiro atoms. The zero-order chi connectivity index (χ0) is 14.4. The van der Waals surface area contributed by atoms with Gasteiger partial charge in [-0.25, -0.2) is 4.98 Å². The molecule has 0 radical (unpaired) electrons. The fraction of sp³-hybridized carbons (Fsp3) is 0.333.